The summed E-state index contributed by atoms with van der Waals surface area (Å²) in [6.45, 7) is 1.28. The molecule has 0 aliphatic carbocycles. The van der Waals surface area contributed by atoms with E-state index in [0.29, 0.717) is 0 Å². The lowest BCUT2D eigenvalue weighted by atomic mass is 9.76. The van der Waals surface area contributed by atoms with Crippen molar-refractivity contribution in [1.29, 1.82) is 0 Å². The molecular weight excluding hydrogens is 328 g/mol. The number of carbonyl (C=O) groups is 5. The predicted octanol–water partition coefficient (Wildman–Crippen LogP) is -1.16. The zero-order chi connectivity index (χ0) is 18.7. The summed E-state index contributed by atoms with van der Waals surface area (Å²) in [5.74, 6) is -10.1. The summed E-state index contributed by atoms with van der Waals surface area (Å²) < 4.78 is 23.0. The van der Waals surface area contributed by atoms with E-state index in [1.807, 2.05) is 0 Å². The van der Waals surface area contributed by atoms with E-state index in [2.05, 4.69) is 18.9 Å². The van der Waals surface area contributed by atoms with Crippen LogP contribution in [0.25, 0.3) is 0 Å². The molecule has 0 radical (unpaired) electrons. The highest BCUT2D eigenvalue weighted by atomic mass is 16.6. The maximum atomic E-state index is 12.3. The second-order valence-electron chi connectivity index (χ2n) is 4.98. The van der Waals surface area contributed by atoms with E-state index in [1.165, 1.54) is 6.92 Å². The number of hydrogen-bond donors (Lipinski definition) is 0. The van der Waals surface area contributed by atoms with E-state index in [1.54, 1.807) is 0 Å². The van der Waals surface area contributed by atoms with Crippen LogP contribution in [0.2, 0.25) is 0 Å². The first-order valence-electron chi connectivity index (χ1n) is 6.78. The van der Waals surface area contributed by atoms with Crippen LogP contribution in [0.3, 0.4) is 0 Å². The van der Waals surface area contributed by atoms with Crippen molar-refractivity contribution < 1.29 is 47.7 Å². The topological polar surface area (TPSA) is 132 Å². The molecule has 2 unspecified atom stereocenters. The molecular formula is C14H18O10. The fourth-order valence-electron chi connectivity index (χ4n) is 2.69. The number of methoxy groups -OCH3 is 4. The molecule has 134 valence electrons. The molecule has 1 aliphatic rings. The monoisotopic (exact) mass is 346 g/mol. The van der Waals surface area contributed by atoms with Crippen LogP contribution in [0.5, 0.6) is 0 Å². The van der Waals surface area contributed by atoms with Crippen LogP contribution in [0.4, 0.5) is 0 Å². The third-order valence-corrected chi connectivity index (χ3v) is 3.96. The predicted molar refractivity (Wildman–Crippen MR) is 73.0 cm³/mol. The molecule has 1 rings (SSSR count). The van der Waals surface area contributed by atoms with Crippen LogP contribution in [0.1, 0.15) is 6.92 Å². The number of esters is 5. The van der Waals surface area contributed by atoms with Crippen molar-refractivity contribution >= 4 is 29.8 Å². The Morgan fingerprint density at radius 2 is 1.33 bits per heavy atom. The molecule has 1 aliphatic heterocycles. The summed E-state index contributed by atoms with van der Waals surface area (Å²) >= 11 is 0. The fraction of sp³-hybridized carbons (Fsp3) is 0.643. The van der Waals surface area contributed by atoms with Crippen molar-refractivity contribution in [3.63, 3.8) is 0 Å². The summed E-state index contributed by atoms with van der Waals surface area (Å²) in [5.41, 5.74) is -2.43. The number of hydrogen-bond acceptors (Lipinski definition) is 10. The van der Waals surface area contributed by atoms with Crippen LogP contribution in [0, 0.1) is 17.8 Å². The van der Waals surface area contributed by atoms with Gasteiger partial charge < -0.3 is 23.7 Å². The Bertz CT molecular complexity index is 534. The Kier molecular flexibility index (Phi) is 5.88. The Hall–Kier alpha value is -2.65. The molecule has 0 saturated carbocycles. The van der Waals surface area contributed by atoms with E-state index < -0.39 is 53.2 Å². The molecule has 0 amide bonds. The maximum Gasteiger partial charge on any atom is 0.362 e. The van der Waals surface area contributed by atoms with Crippen molar-refractivity contribution in [2.75, 3.05) is 28.4 Å². The lowest BCUT2D eigenvalue weighted by Crippen LogP contribution is -2.53. The summed E-state index contributed by atoms with van der Waals surface area (Å²) in [7, 11) is 3.99. The van der Waals surface area contributed by atoms with E-state index in [9.17, 15) is 24.0 Å². The first-order chi connectivity index (χ1) is 11.2. The molecule has 2 atom stereocenters. The summed E-state index contributed by atoms with van der Waals surface area (Å²) in [6.07, 6.45) is 0. The van der Waals surface area contributed by atoms with Crippen LogP contribution in [0.15, 0.2) is 0 Å². The number of cyclic esters (lactones) is 1. The zero-order valence-electron chi connectivity index (χ0n) is 13.8. The molecule has 10 nitrogen and oxygen atoms in total. The minimum absolute atomic E-state index is 0.985. The number of carbonyl (C=O) groups excluding carboxylic acids is 5. The SMILES string of the molecule is COC(=O)C(C(=O)OC)C1C(=O)OC(C(=O)OC)(C(=O)OC)C1C. The summed E-state index contributed by atoms with van der Waals surface area (Å²) in [4.78, 5) is 60.3. The highest BCUT2D eigenvalue weighted by Crippen LogP contribution is 2.43. The van der Waals surface area contributed by atoms with E-state index in [4.69, 9.17) is 4.74 Å². The minimum Gasteiger partial charge on any atom is -0.468 e. The first-order valence-corrected chi connectivity index (χ1v) is 6.78. The smallest absolute Gasteiger partial charge is 0.362 e. The standard InChI is InChI=1S/C14H18O10/c1-6-7(8(9(15)20-2)10(16)21-3)11(17)24-14(6,12(18)22-4)13(19)23-5/h6-8H,1-5H3. The molecule has 0 aromatic heterocycles. The summed E-state index contributed by atoms with van der Waals surface area (Å²) in [5, 5.41) is 0. The molecule has 10 heteroatoms. The van der Waals surface area contributed by atoms with Gasteiger partial charge in [-0.15, -0.1) is 0 Å². The normalized spacial score (nSPS) is 21.7. The van der Waals surface area contributed by atoms with Gasteiger partial charge in [0.2, 0.25) is 0 Å². The average molecular weight is 346 g/mol. The highest BCUT2D eigenvalue weighted by molar-refractivity contribution is 6.09. The minimum atomic E-state index is -2.43. The van der Waals surface area contributed by atoms with Crippen LogP contribution >= 0.6 is 0 Å². The van der Waals surface area contributed by atoms with E-state index in [-0.39, 0.29) is 0 Å². The molecule has 1 fully saturated rings. The van der Waals surface area contributed by atoms with Gasteiger partial charge in [-0.3, -0.25) is 14.4 Å². The van der Waals surface area contributed by atoms with Gasteiger partial charge in [0.15, 0.2) is 5.92 Å². The van der Waals surface area contributed by atoms with Crippen molar-refractivity contribution in [2.24, 2.45) is 17.8 Å². The van der Waals surface area contributed by atoms with Crippen LogP contribution in [-0.4, -0.2) is 63.9 Å². The van der Waals surface area contributed by atoms with Crippen molar-refractivity contribution in [3.8, 4) is 0 Å². The lowest BCUT2D eigenvalue weighted by molar-refractivity contribution is -0.189. The van der Waals surface area contributed by atoms with Crippen LogP contribution in [-0.2, 0) is 47.7 Å². The third-order valence-electron chi connectivity index (χ3n) is 3.96. The van der Waals surface area contributed by atoms with Gasteiger partial charge in [0.25, 0.3) is 0 Å². The molecule has 0 aromatic carbocycles. The first kappa shape index (κ1) is 19.4. The van der Waals surface area contributed by atoms with Gasteiger partial charge in [-0.05, 0) is 0 Å². The largest absolute Gasteiger partial charge is 0.468 e. The van der Waals surface area contributed by atoms with Crippen molar-refractivity contribution in [2.45, 2.75) is 12.5 Å². The Morgan fingerprint density at radius 3 is 1.67 bits per heavy atom. The molecule has 0 aromatic rings. The fourth-order valence-corrected chi connectivity index (χ4v) is 2.69. The van der Waals surface area contributed by atoms with Gasteiger partial charge in [0, 0.05) is 5.92 Å². The Morgan fingerprint density at radius 1 is 0.917 bits per heavy atom. The molecule has 24 heavy (non-hydrogen) atoms. The van der Waals surface area contributed by atoms with Gasteiger partial charge >= 0.3 is 35.4 Å². The van der Waals surface area contributed by atoms with Gasteiger partial charge in [-0.1, -0.05) is 6.92 Å². The second kappa shape index (κ2) is 7.28. The molecule has 0 bridgehead atoms. The van der Waals surface area contributed by atoms with E-state index in [0.717, 1.165) is 28.4 Å². The number of ether oxygens (including phenoxy) is 5. The molecule has 0 N–H and O–H groups in total. The van der Waals surface area contributed by atoms with Gasteiger partial charge in [0.1, 0.15) is 0 Å². The average Bonchev–Trinajstić information content (AvgIpc) is 2.85. The second-order valence-corrected chi connectivity index (χ2v) is 4.98. The van der Waals surface area contributed by atoms with Crippen molar-refractivity contribution in [1.82, 2.24) is 0 Å². The third kappa shape index (κ3) is 2.79. The van der Waals surface area contributed by atoms with Gasteiger partial charge in [-0.2, -0.15) is 0 Å². The Labute approximate surface area is 137 Å². The number of rotatable bonds is 5. The van der Waals surface area contributed by atoms with Gasteiger partial charge in [-0.25, -0.2) is 9.59 Å². The molecule has 1 saturated heterocycles. The molecule has 1 heterocycles. The van der Waals surface area contributed by atoms with Crippen molar-refractivity contribution in [3.05, 3.63) is 0 Å². The molecule has 0 spiro atoms. The lowest BCUT2D eigenvalue weighted by Gasteiger charge is -2.27. The van der Waals surface area contributed by atoms with E-state index >= 15 is 0 Å². The quantitative estimate of drug-likeness (QED) is 0.341. The Balaban J connectivity index is 3.44. The summed E-state index contributed by atoms with van der Waals surface area (Å²) in [6, 6.07) is 0. The van der Waals surface area contributed by atoms with Crippen LogP contribution < -0.4 is 0 Å². The van der Waals surface area contributed by atoms with Gasteiger partial charge in [0.05, 0.1) is 34.4 Å². The zero-order valence-corrected chi connectivity index (χ0v) is 13.8. The highest BCUT2D eigenvalue weighted by Gasteiger charge is 2.68. The maximum absolute atomic E-state index is 12.3.